The molecule has 0 saturated heterocycles. The monoisotopic (exact) mass is 391 g/mol. The molecule has 0 aliphatic heterocycles. The molecule has 2 aromatic rings. The van der Waals surface area contributed by atoms with E-state index in [0.29, 0.717) is 18.4 Å². The number of ether oxygens (including phenoxy) is 1. The molecule has 0 heterocycles. The van der Waals surface area contributed by atoms with Crippen LogP contribution in [-0.4, -0.2) is 24.7 Å². The predicted octanol–water partition coefficient (Wildman–Crippen LogP) is 4.86. The molecule has 0 spiro atoms. The summed E-state index contributed by atoms with van der Waals surface area (Å²) in [5.74, 6) is -1.59. The summed E-state index contributed by atoms with van der Waals surface area (Å²) < 4.78 is 33.8. The highest BCUT2D eigenvalue weighted by Crippen LogP contribution is 2.31. The van der Waals surface area contributed by atoms with Crippen LogP contribution in [0, 0.1) is 11.6 Å². The first-order chi connectivity index (χ1) is 13.3. The fourth-order valence-corrected chi connectivity index (χ4v) is 3.23. The Labute approximate surface area is 165 Å². The molecular formula is C22H27F2NO3. The molecule has 1 N–H and O–H groups in total. The maximum Gasteiger partial charge on any atom is 0.199 e. The van der Waals surface area contributed by atoms with Crippen LogP contribution in [0.1, 0.15) is 62.6 Å². The number of hydrogen-bond donors (Lipinski definition) is 1. The van der Waals surface area contributed by atoms with Gasteiger partial charge >= 0.3 is 0 Å². The van der Waals surface area contributed by atoms with E-state index in [2.05, 4.69) is 5.32 Å². The Balaban J connectivity index is 0.00000420. The van der Waals surface area contributed by atoms with Gasteiger partial charge in [-0.1, -0.05) is 13.0 Å². The van der Waals surface area contributed by atoms with Crippen molar-refractivity contribution in [2.75, 3.05) is 7.11 Å². The molecule has 28 heavy (non-hydrogen) atoms. The number of benzene rings is 2. The Hall–Kier alpha value is -2.60. The van der Waals surface area contributed by atoms with Gasteiger partial charge in [-0.15, -0.1) is 0 Å². The van der Waals surface area contributed by atoms with E-state index in [0.717, 1.165) is 12.1 Å². The van der Waals surface area contributed by atoms with Gasteiger partial charge in [0.15, 0.2) is 5.78 Å². The topological polar surface area (TPSA) is 55.4 Å². The van der Waals surface area contributed by atoms with Crippen LogP contribution < -0.4 is 10.1 Å². The van der Waals surface area contributed by atoms with Gasteiger partial charge in [-0.05, 0) is 50.6 Å². The summed E-state index contributed by atoms with van der Waals surface area (Å²) in [7, 11) is 1.36. The maximum absolute atomic E-state index is 15.4. The van der Waals surface area contributed by atoms with Gasteiger partial charge in [-0.25, -0.2) is 8.78 Å². The number of carbonyl (C=O) groups excluding carboxylic acids is 2. The summed E-state index contributed by atoms with van der Waals surface area (Å²) in [6.45, 7) is 5.26. The number of carbonyl (C=O) groups is 2. The van der Waals surface area contributed by atoms with Gasteiger partial charge in [-0.2, -0.15) is 0 Å². The number of methoxy groups -OCH3 is 1. The first-order valence-corrected chi connectivity index (χ1v) is 9.20. The summed E-state index contributed by atoms with van der Waals surface area (Å²) in [5.41, 5.74) is 0.303. The molecule has 2 aromatic carbocycles. The number of ketones is 2. The van der Waals surface area contributed by atoms with Crippen molar-refractivity contribution in [3.63, 3.8) is 0 Å². The normalized spacial score (nSPS) is 13.1. The summed E-state index contributed by atoms with van der Waals surface area (Å²) in [4.78, 5) is 24.2. The molecule has 0 bridgehead atoms. The van der Waals surface area contributed by atoms with E-state index in [1.54, 1.807) is 12.1 Å². The summed E-state index contributed by atoms with van der Waals surface area (Å²) in [6, 6.07) is 7.55. The zero-order chi connectivity index (χ0) is 20.8. The minimum atomic E-state index is -0.678. The minimum absolute atomic E-state index is 0. The van der Waals surface area contributed by atoms with Crippen molar-refractivity contribution >= 4 is 11.6 Å². The zero-order valence-corrected chi connectivity index (χ0v) is 16.5. The molecule has 4 nitrogen and oxygen atoms in total. The second-order valence-electron chi connectivity index (χ2n) is 6.82. The van der Waals surface area contributed by atoms with Crippen LogP contribution in [0.15, 0.2) is 36.4 Å². The predicted molar refractivity (Wildman–Crippen MR) is 106 cm³/mol. The molecular weight excluding hydrogens is 364 g/mol. The second kappa shape index (κ2) is 9.55. The van der Waals surface area contributed by atoms with Crippen molar-refractivity contribution in [1.29, 1.82) is 0 Å². The fraction of sp³-hybridized carbons (Fsp3) is 0.364. The van der Waals surface area contributed by atoms with Gasteiger partial charge < -0.3 is 10.1 Å². The average molecular weight is 391 g/mol. The van der Waals surface area contributed by atoms with Crippen LogP contribution >= 0.6 is 0 Å². The zero-order valence-electron chi connectivity index (χ0n) is 16.5. The third-order valence-electron chi connectivity index (χ3n) is 4.55. The van der Waals surface area contributed by atoms with Gasteiger partial charge in [0.2, 0.25) is 0 Å². The maximum atomic E-state index is 15.4. The third kappa shape index (κ3) is 5.01. The van der Waals surface area contributed by atoms with Crippen molar-refractivity contribution in [2.24, 2.45) is 0 Å². The van der Waals surface area contributed by atoms with E-state index in [4.69, 9.17) is 4.74 Å². The molecule has 2 atom stereocenters. The van der Waals surface area contributed by atoms with E-state index in [9.17, 15) is 14.0 Å². The van der Waals surface area contributed by atoms with E-state index in [-0.39, 0.29) is 36.2 Å². The van der Waals surface area contributed by atoms with E-state index >= 15 is 4.39 Å². The van der Waals surface area contributed by atoms with Crippen LogP contribution in [0.4, 0.5) is 8.78 Å². The fourth-order valence-electron chi connectivity index (χ4n) is 3.23. The smallest absolute Gasteiger partial charge is 0.199 e. The summed E-state index contributed by atoms with van der Waals surface area (Å²) >= 11 is 0. The lowest BCUT2D eigenvalue weighted by molar-refractivity contribution is -0.117. The van der Waals surface area contributed by atoms with Crippen LogP contribution in [0.25, 0.3) is 0 Å². The number of halogens is 2. The lowest BCUT2D eigenvalue weighted by Crippen LogP contribution is -2.32. The Bertz CT molecular complexity index is 856. The van der Waals surface area contributed by atoms with Crippen molar-refractivity contribution in [1.82, 2.24) is 5.32 Å². The van der Waals surface area contributed by atoms with Crippen molar-refractivity contribution in [3.05, 3.63) is 64.7 Å². The number of hydrogen-bond acceptors (Lipinski definition) is 4. The summed E-state index contributed by atoms with van der Waals surface area (Å²) in [5, 5.41) is 3.24. The second-order valence-corrected chi connectivity index (χ2v) is 6.82. The lowest BCUT2D eigenvalue weighted by atomic mass is 9.94. The lowest BCUT2D eigenvalue weighted by Gasteiger charge is -2.24. The highest BCUT2D eigenvalue weighted by Gasteiger charge is 2.26. The van der Waals surface area contributed by atoms with Gasteiger partial charge in [-0.3, -0.25) is 9.59 Å². The number of Topliss-reactive ketones (excluding diaryl/α,β-unsaturated/α-hetero) is 1. The van der Waals surface area contributed by atoms with Crippen LogP contribution in [-0.2, 0) is 4.79 Å². The van der Waals surface area contributed by atoms with Crippen molar-refractivity contribution in [3.8, 4) is 5.75 Å². The highest BCUT2D eigenvalue weighted by molar-refractivity contribution is 6.11. The number of rotatable bonds is 9. The Morgan fingerprint density at radius 2 is 1.79 bits per heavy atom. The Kier molecular flexibility index (Phi) is 7.40. The molecule has 0 aromatic heterocycles. The highest BCUT2D eigenvalue weighted by atomic mass is 19.1. The van der Waals surface area contributed by atoms with E-state index < -0.39 is 17.4 Å². The summed E-state index contributed by atoms with van der Waals surface area (Å²) in [6.07, 6.45) is 0.894. The van der Waals surface area contributed by atoms with Gasteiger partial charge in [0.05, 0.1) is 7.11 Å². The van der Waals surface area contributed by atoms with Gasteiger partial charge in [0, 0.05) is 31.1 Å². The number of nitrogens with one attached hydrogen (secondary N) is 1. The van der Waals surface area contributed by atoms with Gasteiger partial charge in [0.25, 0.3) is 0 Å². The molecule has 2 rings (SSSR count). The van der Waals surface area contributed by atoms with Crippen molar-refractivity contribution in [2.45, 2.75) is 45.7 Å². The standard InChI is InChI=1S/C22H25F2NO3.H2/c1-5-18(25-13(2)12-14(3)26)17-10-11-19(28-4)20(21(17)24)22(27)15-6-8-16(23)9-7-15;/h6-11,13,18,25H,5,12H2,1-4H3;1H/t13-,18+;/m0./s1. The largest absolute Gasteiger partial charge is 0.496 e. The van der Waals surface area contributed by atoms with E-state index in [1.807, 2.05) is 13.8 Å². The first-order valence-electron chi connectivity index (χ1n) is 9.20. The molecule has 152 valence electrons. The van der Waals surface area contributed by atoms with Crippen LogP contribution in [0.2, 0.25) is 0 Å². The molecule has 0 saturated carbocycles. The third-order valence-corrected chi connectivity index (χ3v) is 4.55. The van der Waals surface area contributed by atoms with E-state index in [1.165, 1.54) is 26.2 Å². The molecule has 0 unspecified atom stereocenters. The van der Waals surface area contributed by atoms with Crippen LogP contribution in [0.5, 0.6) is 5.75 Å². The average Bonchev–Trinajstić information content (AvgIpc) is 2.65. The SMILES string of the molecule is CC[C@@H](N[C@@H](C)CC(C)=O)c1ccc(OC)c(C(=O)c2ccc(F)cc2)c1F.[HH]. The minimum Gasteiger partial charge on any atom is -0.496 e. The molecule has 0 aliphatic carbocycles. The molecule has 0 fully saturated rings. The molecule has 6 heteroatoms. The van der Waals surface area contributed by atoms with Gasteiger partial charge in [0.1, 0.15) is 28.7 Å². The molecule has 0 aliphatic rings. The molecule has 0 radical (unpaired) electrons. The quantitative estimate of drug-likeness (QED) is 0.621. The molecule has 0 amide bonds. The Morgan fingerprint density at radius 1 is 1.14 bits per heavy atom. The van der Waals surface area contributed by atoms with Crippen molar-refractivity contribution < 1.29 is 24.5 Å². The Morgan fingerprint density at radius 3 is 2.32 bits per heavy atom. The first kappa shape index (κ1) is 21.7. The van der Waals surface area contributed by atoms with Crippen LogP contribution in [0.3, 0.4) is 0 Å².